The normalized spacial score (nSPS) is 23.1. The lowest BCUT2D eigenvalue weighted by molar-refractivity contribution is -0.201. The Morgan fingerprint density at radius 3 is 2.44 bits per heavy atom. The van der Waals surface area contributed by atoms with E-state index in [4.69, 9.17) is 0 Å². The molecule has 2 heteroatoms. The first-order valence-electron chi connectivity index (χ1n) is 3.57. The van der Waals surface area contributed by atoms with Crippen molar-refractivity contribution in [3.63, 3.8) is 0 Å². The number of rotatable bonds is 1. The van der Waals surface area contributed by atoms with Crippen LogP contribution in [-0.2, 0) is 0 Å². The molecule has 9 heavy (non-hydrogen) atoms. The maximum atomic E-state index is 9.91. The minimum absolute atomic E-state index is 0.358. The van der Waals surface area contributed by atoms with Crippen LogP contribution in [-0.4, -0.2) is 12.4 Å². The topological polar surface area (TPSA) is 35.4 Å². The number of hydrogen-bond donors (Lipinski definition) is 0. The fourth-order valence-corrected chi connectivity index (χ4v) is 1.32. The van der Waals surface area contributed by atoms with E-state index in [1.165, 1.54) is 19.3 Å². The fourth-order valence-electron chi connectivity index (χ4n) is 1.32. The SMILES string of the molecule is [O-]C=NC1CCCCC1. The van der Waals surface area contributed by atoms with Crippen LogP contribution in [0.25, 0.3) is 0 Å². The maximum absolute atomic E-state index is 9.91. The minimum atomic E-state index is 0.358. The van der Waals surface area contributed by atoms with Crippen molar-refractivity contribution in [2.45, 2.75) is 38.1 Å². The van der Waals surface area contributed by atoms with E-state index in [2.05, 4.69) is 4.99 Å². The van der Waals surface area contributed by atoms with Crippen LogP contribution < -0.4 is 5.11 Å². The fraction of sp³-hybridized carbons (Fsp3) is 0.857. The Morgan fingerprint density at radius 2 is 1.89 bits per heavy atom. The van der Waals surface area contributed by atoms with Gasteiger partial charge in [0.2, 0.25) is 0 Å². The van der Waals surface area contributed by atoms with E-state index in [0.717, 1.165) is 12.8 Å². The Morgan fingerprint density at radius 1 is 1.22 bits per heavy atom. The first-order valence-corrected chi connectivity index (χ1v) is 3.57. The number of hydrogen-bond acceptors (Lipinski definition) is 2. The Hall–Kier alpha value is -0.530. The van der Waals surface area contributed by atoms with Crippen molar-refractivity contribution < 1.29 is 5.11 Å². The summed E-state index contributed by atoms with van der Waals surface area (Å²) in [5.74, 6) is 0. The standard InChI is InChI=1S/C7H13NO/c9-6-8-7-4-2-1-3-5-7/h6-7H,1-5H2,(H,8,9)/p-1. The first-order chi connectivity index (χ1) is 4.43. The second kappa shape index (κ2) is 3.49. The van der Waals surface area contributed by atoms with Gasteiger partial charge in [0.05, 0.1) is 0 Å². The molecule has 1 fully saturated rings. The summed E-state index contributed by atoms with van der Waals surface area (Å²) in [4.78, 5) is 3.80. The molecule has 0 bridgehead atoms. The van der Waals surface area contributed by atoms with Gasteiger partial charge in [-0.05, 0) is 12.8 Å². The third-order valence-corrected chi connectivity index (χ3v) is 1.85. The van der Waals surface area contributed by atoms with Gasteiger partial charge in [-0.2, -0.15) is 0 Å². The quantitative estimate of drug-likeness (QED) is 0.376. The van der Waals surface area contributed by atoms with Gasteiger partial charge in [-0.3, -0.25) is 0 Å². The highest BCUT2D eigenvalue weighted by molar-refractivity contribution is 5.40. The second-order valence-corrected chi connectivity index (χ2v) is 2.55. The molecule has 0 atom stereocenters. The zero-order valence-electron chi connectivity index (χ0n) is 5.55. The molecule has 1 aliphatic carbocycles. The lowest BCUT2D eigenvalue weighted by atomic mass is 9.96. The molecule has 0 aromatic carbocycles. The van der Waals surface area contributed by atoms with Gasteiger partial charge in [-0.25, -0.2) is 0 Å². The Labute approximate surface area is 55.6 Å². The molecule has 0 N–H and O–H groups in total. The summed E-state index contributed by atoms with van der Waals surface area (Å²) in [5, 5.41) is 9.91. The minimum Gasteiger partial charge on any atom is -0.864 e. The molecule has 0 aliphatic heterocycles. The lowest BCUT2D eigenvalue weighted by Crippen LogP contribution is -2.12. The summed E-state index contributed by atoms with van der Waals surface area (Å²) in [7, 11) is 0. The molecule has 0 saturated heterocycles. The summed E-state index contributed by atoms with van der Waals surface area (Å²) in [5.41, 5.74) is 0. The summed E-state index contributed by atoms with van der Waals surface area (Å²) in [6, 6.07) is 0.358. The molecule has 0 spiro atoms. The van der Waals surface area contributed by atoms with Gasteiger partial charge < -0.3 is 10.1 Å². The highest BCUT2D eigenvalue weighted by Crippen LogP contribution is 2.19. The van der Waals surface area contributed by atoms with Crippen molar-refractivity contribution >= 4 is 6.40 Å². The van der Waals surface area contributed by atoms with E-state index < -0.39 is 0 Å². The number of nitrogens with zero attached hydrogens (tertiary/aromatic N) is 1. The van der Waals surface area contributed by atoms with Crippen LogP contribution in [0.3, 0.4) is 0 Å². The smallest absolute Gasteiger partial charge is 0.0485 e. The average Bonchev–Trinajstić information content (AvgIpc) is 1.91. The van der Waals surface area contributed by atoms with Gasteiger partial charge in [0.1, 0.15) is 0 Å². The number of aliphatic imine (C=N–C) groups is 1. The highest BCUT2D eigenvalue weighted by atomic mass is 16.3. The van der Waals surface area contributed by atoms with Gasteiger partial charge in [-0.15, -0.1) is 0 Å². The van der Waals surface area contributed by atoms with Crippen LogP contribution in [0, 0.1) is 0 Å². The van der Waals surface area contributed by atoms with Crippen molar-refractivity contribution in [2.24, 2.45) is 4.99 Å². The van der Waals surface area contributed by atoms with Crippen LogP contribution in [0.5, 0.6) is 0 Å². The molecule has 0 unspecified atom stereocenters. The van der Waals surface area contributed by atoms with Crippen LogP contribution >= 0.6 is 0 Å². The van der Waals surface area contributed by atoms with Crippen LogP contribution in [0.15, 0.2) is 4.99 Å². The second-order valence-electron chi connectivity index (χ2n) is 2.55. The highest BCUT2D eigenvalue weighted by Gasteiger charge is 2.09. The maximum Gasteiger partial charge on any atom is 0.0485 e. The van der Waals surface area contributed by atoms with Crippen molar-refractivity contribution in [3.05, 3.63) is 0 Å². The van der Waals surface area contributed by atoms with Crippen molar-refractivity contribution in [3.8, 4) is 0 Å². The molecule has 1 aliphatic rings. The molecule has 2 nitrogen and oxygen atoms in total. The summed E-state index contributed by atoms with van der Waals surface area (Å²) < 4.78 is 0. The molecular weight excluding hydrogens is 114 g/mol. The average molecular weight is 126 g/mol. The third-order valence-electron chi connectivity index (χ3n) is 1.85. The molecule has 0 aromatic rings. The van der Waals surface area contributed by atoms with Crippen LogP contribution in [0.2, 0.25) is 0 Å². The van der Waals surface area contributed by atoms with E-state index in [1.807, 2.05) is 0 Å². The van der Waals surface area contributed by atoms with E-state index in [0.29, 0.717) is 12.4 Å². The zero-order valence-corrected chi connectivity index (χ0v) is 5.55. The molecular formula is C7H12NO-. The molecule has 0 heterocycles. The van der Waals surface area contributed by atoms with Gasteiger partial charge in [-0.1, -0.05) is 25.7 Å². The Kier molecular flexibility index (Phi) is 2.55. The predicted molar refractivity (Wildman–Crippen MR) is 35.4 cm³/mol. The Bertz CT molecular complexity index is 95.1. The van der Waals surface area contributed by atoms with Crippen LogP contribution in [0.4, 0.5) is 0 Å². The predicted octanol–water partition coefficient (Wildman–Crippen LogP) is 0.708. The molecule has 0 aromatic heterocycles. The largest absolute Gasteiger partial charge is 0.864 e. The van der Waals surface area contributed by atoms with Gasteiger partial charge in [0.25, 0.3) is 0 Å². The van der Waals surface area contributed by atoms with Crippen molar-refractivity contribution in [1.29, 1.82) is 0 Å². The van der Waals surface area contributed by atoms with Crippen molar-refractivity contribution in [2.75, 3.05) is 0 Å². The van der Waals surface area contributed by atoms with Gasteiger partial charge >= 0.3 is 0 Å². The van der Waals surface area contributed by atoms with Crippen molar-refractivity contribution in [1.82, 2.24) is 0 Å². The third kappa shape index (κ3) is 2.04. The summed E-state index contributed by atoms with van der Waals surface area (Å²) in [6.07, 6.45) is 6.77. The van der Waals surface area contributed by atoms with E-state index in [9.17, 15) is 5.11 Å². The van der Waals surface area contributed by atoms with Crippen LogP contribution in [0.1, 0.15) is 32.1 Å². The monoisotopic (exact) mass is 126 g/mol. The van der Waals surface area contributed by atoms with E-state index in [1.54, 1.807) is 0 Å². The van der Waals surface area contributed by atoms with Gasteiger partial charge in [0.15, 0.2) is 0 Å². The molecule has 0 amide bonds. The van der Waals surface area contributed by atoms with E-state index in [-0.39, 0.29) is 0 Å². The van der Waals surface area contributed by atoms with Gasteiger partial charge in [0, 0.05) is 6.04 Å². The first kappa shape index (κ1) is 6.59. The molecule has 1 rings (SSSR count). The van der Waals surface area contributed by atoms with E-state index >= 15 is 0 Å². The lowest BCUT2D eigenvalue weighted by Gasteiger charge is -2.17. The molecule has 52 valence electrons. The summed E-state index contributed by atoms with van der Waals surface area (Å²) >= 11 is 0. The molecule has 1 saturated carbocycles. The zero-order chi connectivity index (χ0) is 6.53. The Balaban J connectivity index is 2.23. The molecule has 0 radical (unpaired) electrons. The summed E-state index contributed by atoms with van der Waals surface area (Å²) in [6.45, 7) is 0.